The number of carbonyl (C=O) groups is 1. The summed E-state index contributed by atoms with van der Waals surface area (Å²) in [7, 11) is -4.00. The van der Waals surface area contributed by atoms with Gasteiger partial charge in [0, 0.05) is 23.5 Å². The molecule has 10 heteroatoms. The van der Waals surface area contributed by atoms with E-state index in [0.717, 1.165) is 6.07 Å². The summed E-state index contributed by atoms with van der Waals surface area (Å²) in [5.74, 6) is -0.458. The molecule has 0 radical (unpaired) electrons. The highest BCUT2D eigenvalue weighted by atomic mass is 79.9. The first-order valence-electron chi connectivity index (χ1n) is 5.96. The largest absolute Gasteiger partial charge is 0.370 e. The van der Waals surface area contributed by atoms with Crippen molar-refractivity contribution in [2.45, 2.75) is 24.2 Å². The fraction of sp³-hybridized carbons (Fsp3) is 0.364. The third-order valence-electron chi connectivity index (χ3n) is 2.55. The molecule has 0 saturated carbocycles. The summed E-state index contributed by atoms with van der Waals surface area (Å²) in [5, 5.41) is 10.9. The lowest BCUT2D eigenvalue weighted by atomic mass is 10.2. The number of amides is 1. The van der Waals surface area contributed by atoms with Gasteiger partial charge in [-0.25, -0.2) is 13.1 Å². The minimum Gasteiger partial charge on any atom is -0.370 e. The van der Waals surface area contributed by atoms with Gasteiger partial charge in [-0.15, -0.1) is 0 Å². The number of hydrogen-bond acceptors (Lipinski definition) is 5. The molecule has 0 aliphatic rings. The first-order valence-corrected chi connectivity index (χ1v) is 8.23. The van der Waals surface area contributed by atoms with Crippen LogP contribution in [0.15, 0.2) is 27.6 Å². The lowest BCUT2D eigenvalue weighted by Gasteiger charge is -2.07. The van der Waals surface area contributed by atoms with Crippen molar-refractivity contribution in [3.63, 3.8) is 0 Å². The number of unbranched alkanes of at least 4 members (excludes halogenated alkanes) is 1. The molecule has 0 aromatic heterocycles. The first kappa shape index (κ1) is 17.5. The zero-order valence-electron chi connectivity index (χ0n) is 10.9. The van der Waals surface area contributed by atoms with Crippen LogP contribution in [0.3, 0.4) is 0 Å². The fourth-order valence-corrected chi connectivity index (χ4v) is 3.34. The summed E-state index contributed by atoms with van der Waals surface area (Å²) < 4.78 is 26.8. The van der Waals surface area contributed by atoms with E-state index in [4.69, 9.17) is 5.73 Å². The van der Waals surface area contributed by atoms with Crippen molar-refractivity contribution in [2.24, 2.45) is 5.73 Å². The van der Waals surface area contributed by atoms with E-state index in [1.165, 1.54) is 12.1 Å². The predicted octanol–water partition coefficient (Wildman–Crippen LogP) is 1.29. The lowest BCUT2D eigenvalue weighted by molar-refractivity contribution is -0.387. The van der Waals surface area contributed by atoms with E-state index in [1.54, 1.807) is 0 Å². The Morgan fingerprint density at radius 3 is 2.62 bits per heavy atom. The average Bonchev–Trinajstić information content (AvgIpc) is 2.37. The molecule has 21 heavy (non-hydrogen) atoms. The first-order chi connectivity index (χ1) is 9.74. The normalized spacial score (nSPS) is 11.3. The van der Waals surface area contributed by atoms with Gasteiger partial charge in [-0.2, -0.15) is 0 Å². The number of rotatable bonds is 8. The molecule has 116 valence electrons. The molecule has 0 fully saturated rings. The Hall–Kier alpha value is -1.52. The molecule has 0 heterocycles. The number of carbonyl (C=O) groups excluding carboxylic acids is 1. The van der Waals surface area contributed by atoms with E-state index < -0.39 is 31.4 Å². The molecule has 1 rings (SSSR count). The summed E-state index contributed by atoms with van der Waals surface area (Å²) in [5.41, 5.74) is 4.47. The standard InChI is InChI=1S/C11H14BrN3O5S/c12-8-4-5-9(15(17)18)10(7-8)21(19,20)14-6-2-1-3-11(13)16/h4-5,7,14H,1-3,6H2,(H2,13,16). The SMILES string of the molecule is NC(=O)CCCCNS(=O)(=O)c1cc(Br)ccc1[N+](=O)[O-]. The number of hydrogen-bond donors (Lipinski definition) is 2. The van der Waals surface area contributed by atoms with Crippen LogP contribution in [-0.2, 0) is 14.8 Å². The molecule has 0 aliphatic carbocycles. The Labute approximate surface area is 130 Å². The average molecular weight is 380 g/mol. The highest BCUT2D eigenvalue weighted by Crippen LogP contribution is 2.26. The number of nitrogens with one attached hydrogen (secondary N) is 1. The molecule has 1 aromatic rings. The summed E-state index contributed by atoms with van der Waals surface area (Å²) in [6.07, 6.45) is 1.02. The number of primary amides is 1. The third kappa shape index (κ3) is 5.40. The Balaban J connectivity index is 2.81. The second-order valence-corrected chi connectivity index (χ2v) is 6.84. The summed E-state index contributed by atoms with van der Waals surface area (Å²) in [6, 6.07) is 3.68. The van der Waals surface area contributed by atoms with Crippen LogP contribution in [-0.4, -0.2) is 25.8 Å². The van der Waals surface area contributed by atoms with Crippen molar-refractivity contribution in [2.75, 3.05) is 6.54 Å². The van der Waals surface area contributed by atoms with Crippen molar-refractivity contribution >= 4 is 37.5 Å². The van der Waals surface area contributed by atoms with Crippen molar-refractivity contribution in [3.05, 3.63) is 32.8 Å². The van der Waals surface area contributed by atoms with E-state index in [0.29, 0.717) is 17.3 Å². The van der Waals surface area contributed by atoms with Gasteiger partial charge in [0.15, 0.2) is 4.90 Å². The van der Waals surface area contributed by atoms with Crippen LogP contribution in [0.4, 0.5) is 5.69 Å². The molecule has 0 aliphatic heterocycles. The zero-order chi connectivity index (χ0) is 16.0. The molecular formula is C11H14BrN3O5S. The molecule has 0 unspecified atom stereocenters. The van der Waals surface area contributed by atoms with Crippen LogP contribution in [0.2, 0.25) is 0 Å². The number of sulfonamides is 1. The van der Waals surface area contributed by atoms with Crippen molar-refractivity contribution < 1.29 is 18.1 Å². The van der Waals surface area contributed by atoms with Crippen LogP contribution in [0.25, 0.3) is 0 Å². The lowest BCUT2D eigenvalue weighted by Crippen LogP contribution is -2.25. The molecule has 8 nitrogen and oxygen atoms in total. The molecular weight excluding hydrogens is 366 g/mol. The smallest absolute Gasteiger partial charge is 0.289 e. The second-order valence-electron chi connectivity index (χ2n) is 4.19. The molecule has 0 spiro atoms. The maximum Gasteiger partial charge on any atom is 0.289 e. The molecule has 3 N–H and O–H groups in total. The minimum absolute atomic E-state index is 0.0687. The van der Waals surface area contributed by atoms with Gasteiger partial charge in [0.05, 0.1) is 4.92 Å². The fourth-order valence-electron chi connectivity index (χ4n) is 1.56. The van der Waals surface area contributed by atoms with Crippen LogP contribution >= 0.6 is 15.9 Å². The molecule has 1 amide bonds. The predicted molar refractivity (Wildman–Crippen MR) is 79.0 cm³/mol. The summed E-state index contributed by atoms with van der Waals surface area (Å²) >= 11 is 3.08. The Morgan fingerprint density at radius 1 is 1.38 bits per heavy atom. The highest BCUT2D eigenvalue weighted by molar-refractivity contribution is 9.10. The topological polar surface area (TPSA) is 132 Å². The maximum absolute atomic E-state index is 12.1. The van der Waals surface area contributed by atoms with E-state index in [9.17, 15) is 23.3 Å². The number of nitro benzene ring substituents is 1. The third-order valence-corrected chi connectivity index (χ3v) is 4.53. The van der Waals surface area contributed by atoms with Crippen LogP contribution in [0.5, 0.6) is 0 Å². The molecule has 1 aromatic carbocycles. The van der Waals surface area contributed by atoms with Gasteiger partial charge in [-0.3, -0.25) is 14.9 Å². The van der Waals surface area contributed by atoms with Gasteiger partial charge in [0.1, 0.15) is 0 Å². The van der Waals surface area contributed by atoms with Crippen LogP contribution < -0.4 is 10.5 Å². The molecule has 0 atom stereocenters. The Bertz CT molecular complexity index is 647. The second kappa shape index (κ2) is 7.48. The minimum atomic E-state index is -4.00. The van der Waals surface area contributed by atoms with Gasteiger partial charge >= 0.3 is 0 Å². The van der Waals surface area contributed by atoms with Crippen molar-refractivity contribution in [3.8, 4) is 0 Å². The molecule has 0 saturated heterocycles. The monoisotopic (exact) mass is 379 g/mol. The van der Waals surface area contributed by atoms with Gasteiger partial charge in [0.2, 0.25) is 15.9 Å². The maximum atomic E-state index is 12.1. The number of nitro groups is 1. The van der Waals surface area contributed by atoms with Crippen molar-refractivity contribution in [1.29, 1.82) is 0 Å². The number of nitrogens with two attached hydrogens (primary N) is 1. The quantitative estimate of drug-likeness (QED) is 0.398. The number of halogens is 1. The highest BCUT2D eigenvalue weighted by Gasteiger charge is 2.25. The van der Waals surface area contributed by atoms with E-state index in [1.807, 2.05) is 0 Å². The number of benzene rings is 1. The van der Waals surface area contributed by atoms with E-state index in [-0.39, 0.29) is 13.0 Å². The van der Waals surface area contributed by atoms with E-state index in [2.05, 4.69) is 20.7 Å². The van der Waals surface area contributed by atoms with Gasteiger partial charge in [-0.05, 0) is 25.0 Å². The summed E-state index contributed by atoms with van der Waals surface area (Å²) in [4.78, 5) is 20.3. The van der Waals surface area contributed by atoms with Crippen molar-refractivity contribution in [1.82, 2.24) is 4.72 Å². The number of nitrogens with zero attached hydrogens (tertiary/aromatic N) is 1. The van der Waals surface area contributed by atoms with E-state index >= 15 is 0 Å². The van der Waals surface area contributed by atoms with Gasteiger partial charge in [0.25, 0.3) is 5.69 Å². The van der Waals surface area contributed by atoms with Gasteiger partial charge in [-0.1, -0.05) is 15.9 Å². The Kier molecular flexibility index (Phi) is 6.24. The zero-order valence-corrected chi connectivity index (χ0v) is 13.3. The van der Waals surface area contributed by atoms with Gasteiger partial charge < -0.3 is 5.73 Å². The summed E-state index contributed by atoms with van der Waals surface area (Å²) in [6.45, 7) is 0.0687. The molecule has 0 bridgehead atoms. The van der Waals surface area contributed by atoms with Crippen LogP contribution in [0, 0.1) is 10.1 Å². The Morgan fingerprint density at radius 2 is 2.05 bits per heavy atom. The van der Waals surface area contributed by atoms with Crippen LogP contribution in [0.1, 0.15) is 19.3 Å².